The van der Waals surface area contributed by atoms with Gasteiger partial charge in [0.25, 0.3) is 5.91 Å². The molecule has 0 aliphatic heterocycles. The number of likely N-dealkylation sites (N-methyl/N-ethyl adjacent to an activating group) is 1. The molecule has 0 radical (unpaired) electrons. The molecule has 2 rings (SSSR count). The van der Waals surface area contributed by atoms with Crippen LogP contribution in [-0.4, -0.2) is 34.3 Å². The lowest BCUT2D eigenvalue weighted by molar-refractivity contribution is -0.113. The Morgan fingerprint density at radius 3 is 2.12 bits per heavy atom. The van der Waals surface area contributed by atoms with Gasteiger partial charge in [0.05, 0.1) is 21.3 Å². The summed E-state index contributed by atoms with van der Waals surface area (Å²) in [5, 5.41) is 0. The summed E-state index contributed by atoms with van der Waals surface area (Å²) in [6.45, 7) is 3.99. The van der Waals surface area contributed by atoms with E-state index in [1.165, 1.54) is 6.08 Å². The normalized spacial score (nSPS) is 10.7. The Bertz CT molecular complexity index is 802. The van der Waals surface area contributed by atoms with Crippen LogP contribution in [0.25, 0.3) is 6.08 Å². The largest absolute Gasteiger partial charge is 0.493 e. The first-order chi connectivity index (χ1) is 12.4. The number of amides is 1. The predicted octanol–water partition coefficient (Wildman–Crippen LogP) is 4.01. The number of aryl methyl sites for hydroxylation is 2. The second-order valence-electron chi connectivity index (χ2n) is 5.98. The monoisotopic (exact) mass is 355 g/mol. The van der Waals surface area contributed by atoms with Crippen molar-refractivity contribution >= 4 is 17.7 Å². The van der Waals surface area contributed by atoms with Gasteiger partial charge in [-0.3, -0.25) is 4.79 Å². The van der Waals surface area contributed by atoms with Gasteiger partial charge in [-0.25, -0.2) is 0 Å². The van der Waals surface area contributed by atoms with Gasteiger partial charge < -0.3 is 19.1 Å². The zero-order chi connectivity index (χ0) is 19.3. The molecule has 0 saturated carbocycles. The minimum atomic E-state index is -0.118. The van der Waals surface area contributed by atoms with E-state index in [1.54, 1.807) is 51.5 Å². The summed E-state index contributed by atoms with van der Waals surface area (Å²) in [6.07, 6.45) is 3.26. The van der Waals surface area contributed by atoms with Gasteiger partial charge in [0.1, 0.15) is 0 Å². The number of ether oxygens (including phenoxy) is 3. The van der Waals surface area contributed by atoms with Crippen LogP contribution >= 0.6 is 0 Å². The maximum absolute atomic E-state index is 12.6. The maximum atomic E-state index is 12.6. The molecule has 0 atom stereocenters. The Labute approximate surface area is 154 Å². The van der Waals surface area contributed by atoms with Gasteiger partial charge in [-0.15, -0.1) is 0 Å². The fourth-order valence-electron chi connectivity index (χ4n) is 2.68. The van der Waals surface area contributed by atoms with Gasteiger partial charge in [-0.1, -0.05) is 12.1 Å². The van der Waals surface area contributed by atoms with Crippen molar-refractivity contribution in [3.63, 3.8) is 0 Å². The molecule has 0 fully saturated rings. The molecule has 0 aromatic heterocycles. The third-order valence-corrected chi connectivity index (χ3v) is 4.16. The molecule has 0 N–H and O–H groups in total. The van der Waals surface area contributed by atoms with E-state index in [1.807, 2.05) is 32.0 Å². The molecule has 5 nitrogen and oxygen atoms in total. The summed E-state index contributed by atoms with van der Waals surface area (Å²) in [6, 6.07) is 9.63. The topological polar surface area (TPSA) is 48.0 Å². The fraction of sp³-hybridized carbons (Fsp3) is 0.286. The molecule has 5 heteroatoms. The van der Waals surface area contributed by atoms with Crippen molar-refractivity contribution in [2.75, 3.05) is 33.3 Å². The average molecular weight is 355 g/mol. The van der Waals surface area contributed by atoms with E-state index in [0.29, 0.717) is 17.2 Å². The smallest absolute Gasteiger partial charge is 0.250 e. The Morgan fingerprint density at radius 2 is 1.58 bits per heavy atom. The molecule has 2 aromatic carbocycles. The third-order valence-electron chi connectivity index (χ3n) is 4.16. The highest BCUT2D eigenvalue weighted by atomic mass is 16.5. The third kappa shape index (κ3) is 4.17. The number of benzene rings is 2. The Hall–Kier alpha value is -2.95. The molecule has 0 unspecified atom stereocenters. The minimum Gasteiger partial charge on any atom is -0.493 e. The molecule has 2 aromatic rings. The van der Waals surface area contributed by atoms with Crippen LogP contribution < -0.4 is 19.1 Å². The van der Waals surface area contributed by atoms with Gasteiger partial charge >= 0.3 is 0 Å². The standard InChI is InChI=1S/C21H25NO4/c1-14-7-8-15(2)17(11-14)22(3)20(23)10-9-16-12-18(24-4)21(26-6)19(13-16)25-5/h7-13H,1-6H3. The highest BCUT2D eigenvalue weighted by molar-refractivity contribution is 6.04. The van der Waals surface area contributed by atoms with Crippen molar-refractivity contribution in [3.8, 4) is 17.2 Å². The molecular formula is C21H25NO4. The summed E-state index contributed by atoms with van der Waals surface area (Å²) < 4.78 is 16.0. The average Bonchev–Trinajstić information content (AvgIpc) is 2.66. The predicted molar refractivity (Wildman–Crippen MR) is 104 cm³/mol. The SMILES string of the molecule is COc1cc(C=CC(=O)N(C)c2cc(C)ccc2C)cc(OC)c1OC. The zero-order valence-electron chi connectivity index (χ0n) is 16.1. The maximum Gasteiger partial charge on any atom is 0.250 e. The van der Waals surface area contributed by atoms with Crippen LogP contribution in [-0.2, 0) is 4.79 Å². The van der Waals surface area contributed by atoms with Crippen LogP contribution in [0.4, 0.5) is 5.69 Å². The van der Waals surface area contributed by atoms with E-state index in [4.69, 9.17) is 14.2 Å². The number of rotatable bonds is 6. The van der Waals surface area contributed by atoms with Gasteiger partial charge in [-0.2, -0.15) is 0 Å². The molecule has 0 bridgehead atoms. The minimum absolute atomic E-state index is 0.118. The van der Waals surface area contributed by atoms with Crippen LogP contribution in [0.1, 0.15) is 16.7 Å². The molecule has 0 spiro atoms. The first-order valence-corrected chi connectivity index (χ1v) is 8.24. The lowest BCUT2D eigenvalue weighted by atomic mass is 10.1. The number of nitrogens with zero attached hydrogens (tertiary/aromatic N) is 1. The first-order valence-electron chi connectivity index (χ1n) is 8.24. The number of carbonyl (C=O) groups excluding carboxylic acids is 1. The number of anilines is 1. The van der Waals surface area contributed by atoms with Crippen LogP contribution in [0.2, 0.25) is 0 Å². The number of carbonyl (C=O) groups is 1. The summed E-state index contributed by atoms with van der Waals surface area (Å²) >= 11 is 0. The fourth-order valence-corrected chi connectivity index (χ4v) is 2.68. The molecule has 138 valence electrons. The Balaban J connectivity index is 2.28. The number of methoxy groups -OCH3 is 3. The Morgan fingerprint density at radius 1 is 0.962 bits per heavy atom. The Kier molecular flexibility index (Phi) is 6.28. The summed E-state index contributed by atoms with van der Waals surface area (Å²) in [7, 11) is 6.44. The highest BCUT2D eigenvalue weighted by Crippen LogP contribution is 2.38. The van der Waals surface area contributed by atoms with Crippen LogP contribution in [0.3, 0.4) is 0 Å². The van der Waals surface area contributed by atoms with E-state index in [-0.39, 0.29) is 5.91 Å². The van der Waals surface area contributed by atoms with E-state index in [0.717, 1.165) is 22.4 Å². The quantitative estimate of drug-likeness (QED) is 0.735. The van der Waals surface area contributed by atoms with E-state index in [2.05, 4.69) is 0 Å². The zero-order valence-corrected chi connectivity index (χ0v) is 16.1. The van der Waals surface area contributed by atoms with Crippen molar-refractivity contribution in [1.82, 2.24) is 0 Å². The van der Waals surface area contributed by atoms with Gasteiger partial charge in [0.15, 0.2) is 11.5 Å². The molecule has 1 amide bonds. The summed E-state index contributed by atoms with van der Waals surface area (Å²) in [4.78, 5) is 14.2. The van der Waals surface area contributed by atoms with Crippen LogP contribution in [0, 0.1) is 13.8 Å². The van der Waals surface area contributed by atoms with Crippen molar-refractivity contribution < 1.29 is 19.0 Å². The summed E-state index contributed by atoms with van der Waals surface area (Å²) in [5.74, 6) is 1.49. The van der Waals surface area contributed by atoms with Crippen molar-refractivity contribution in [1.29, 1.82) is 0 Å². The van der Waals surface area contributed by atoms with Crippen molar-refractivity contribution in [2.24, 2.45) is 0 Å². The van der Waals surface area contributed by atoms with Gasteiger partial charge in [-0.05, 0) is 54.8 Å². The molecule has 0 heterocycles. The molecule has 0 saturated heterocycles. The van der Waals surface area contributed by atoms with Gasteiger partial charge in [0, 0.05) is 18.8 Å². The molecule has 26 heavy (non-hydrogen) atoms. The molecule has 0 aliphatic carbocycles. The number of hydrogen-bond acceptors (Lipinski definition) is 4. The first kappa shape index (κ1) is 19.4. The second kappa shape index (κ2) is 8.43. The molecular weight excluding hydrogens is 330 g/mol. The lowest BCUT2D eigenvalue weighted by Gasteiger charge is -2.18. The van der Waals surface area contributed by atoms with E-state index >= 15 is 0 Å². The van der Waals surface area contributed by atoms with E-state index in [9.17, 15) is 4.79 Å². The van der Waals surface area contributed by atoms with Crippen LogP contribution in [0.5, 0.6) is 17.2 Å². The van der Waals surface area contributed by atoms with Crippen molar-refractivity contribution in [2.45, 2.75) is 13.8 Å². The summed E-state index contributed by atoms with van der Waals surface area (Å²) in [5.41, 5.74) is 3.83. The highest BCUT2D eigenvalue weighted by Gasteiger charge is 2.13. The van der Waals surface area contributed by atoms with E-state index < -0.39 is 0 Å². The number of hydrogen-bond donors (Lipinski definition) is 0. The second-order valence-corrected chi connectivity index (χ2v) is 5.98. The lowest BCUT2D eigenvalue weighted by Crippen LogP contribution is -2.24. The van der Waals surface area contributed by atoms with Crippen molar-refractivity contribution in [3.05, 3.63) is 53.1 Å². The van der Waals surface area contributed by atoms with Gasteiger partial charge in [0.2, 0.25) is 5.75 Å². The molecule has 0 aliphatic rings. The van der Waals surface area contributed by atoms with Crippen LogP contribution in [0.15, 0.2) is 36.4 Å².